The third-order valence-electron chi connectivity index (χ3n) is 11.5. The fraction of sp³-hybridized carbons (Fsp3) is 0.170. The average Bonchev–Trinajstić information content (AvgIpc) is 3.99. The van der Waals surface area contributed by atoms with E-state index in [1.165, 1.54) is 50.1 Å². The fourth-order valence-electron chi connectivity index (χ4n) is 9.50. The van der Waals surface area contributed by atoms with Crippen molar-refractivity contribution in [3.63, 3.8) is 0 Å². The smallest absolute Gasteiger partial charge is 0.657 e. The van der Waals surface area contributed by atoms with Gasteiger partial charge >= 0.3 is 19.5 Å². The van der Waals surface area contributed by atoms with E-state index in [2.05, 4.69) is 172 Å². The van der Waals surface area contributed by atoms with Crippen LogP contribution in [0.4, 0.5) is 0 Å². The Balaban J connectivity index is 0.00000484. The van der Waals surface area contributed by atoms with Gasteiger partial charge in [-0.2, -0.15) is 0 Å². The van der Waals surface area contributed by atoms with Gasteiger partial charge in [-0.05, 0) is 177 Å². The van der Waals surface area contributed by atoms with Crippen LogP contribution in [0.3, 0.4) is 0 Å². The van der Waals surface area contributed by atoms with E-state index in [-0.39, 0.29) is 19.5 Å². The van der Waals surface area contributed by atoms with Gasteiger partial charge in [-0.3, -0.25) is 0 Å². The number of aryl methyl sites for hydroxylation is 9. The van der Waals surface area contributed by atoms with Gasteiger partial charge in [-0.1, -0.05) is 89.5 Å². The minimum absolute atomic E-state index is 0. The van der Waals surface area contributed by atoms with Gasteiger partial charge in [0.15, 0.2) is 0 Å². The zero-order valence-electron chi connectivity index (χ0n) is 35.3. The number of hydrogen-bond acceptors (Lipinski definition) is 3. The zero-order valence-corrected chi connectivity index (χ0v) is 39.2. The maximum Gasteiger partial charge on any atom is 2.00 e. The molecule has 9 rings (SSSR count). The Kier molecular flexibility index (Phi) is 10.6. The molecule has 0 aliphatic carbocycles. The van der Waals surface area contributed by atoms with Crippen LogP contribution in [0.5, 0.6) is 0 Å². The molecule has 2 aliphatic heterocycles. The Bertz CT molecular complexity index is 2980. The number of hydrogen-bond donors (Lipinski definition) is 1. The fourth-order valence-corrected chi connectivity index (χ4v) is 9.65. The Labute approximate surface area is 365 Å². The van der Waals surface area contributed by atoms with Crippen molar-refractivity contribution < 1.29 is 19.5 Å². The third-order valence-corrected chi connectivity index (χ3v) is 11.8. The molecular formula is C53H46N4SZn. The van der Waals surface area contributed by atoms with E-state index < -0.39 is 0 Å². The summed E-state index contributed by atoms with van der Waals surface area (Å²) in [6, 6.07) is 30.4. The number of nitrogens with zero attached hydrogens (tertiary/aromatic N) is 4. The molecule has 0 amide bonds. The summed E-state index contributed by atoms with van der Waals surface area (Å²) in [7, 11) is 0. The minimum atomic E-state index is 0. The van der Waals surface area contributed by atoms with Gasteiger partial charge in [0, 0.05) is 4.90 Å². The Morgan fingerprint density at radius 1 is 0.356 bits per heavy atom. The predicted molar refractivity (Wildman–Crippen MR) is 248 cm³/mol. The molecule has 0 saturated carbocycles. The predicted octanol–water partition coefficient (Wildman–Crippen LogP) is 13.6. The van der Waals surface area contributed by atoms with E-state index in [0.717, 1.165) is 94.2 Å². The van der Waals surface area contributed by atoms with Crippen LogP contribution in [0.1, 0.15) is 72.8 Å². The van der Waals surface area contributed by atoms with Crippen molar-refractivity contribution in [1.29, 1.82) is 0 Å². The quantitative estimate of drug-likeness (QED) is 0.142. The van der Waals surface area contributed by atoms with E-state index in [1.807, 2.05) is 12.1 Å². The summed E-state index contributed by atoms with van der Waals surface area (Å²) in [6.45, 7) is 19.6. The second-order valence-electron chi connectivity index (χ2n) is 16.2. The van der Waals surface area contributed by atoms with Crippen LogP contribution in [0.25, 0.3) is 90.9 Å². The van der Waals surface area contributed by atoms with Crippen molar-refractivity contribution in [2.75, 3.05) is 0 Å². The van der Waals surface area contributed by atoms with Crippen molar-refractivity contribution in [2.45, 2.75) is 67.2 Å². The van der Waals surface area contributed by atoms with Crippen molar-refractivity contribution >= 4 is 59.0 Å². The topological polar surface area (TPSA) is 54.0 Å². The van der Waals surface area contributed by atoms with Crippen LogP contribution < -0.4 is 9.97 Å². The van der Waals surface area contributed by atoms with Gasteiger partial charge in [-0.15, -0.1) is 34.7 Å². The molecule has 8 bridgehead atoms. The second-order valence-corrected chi connectivity index (χ2v) is 16.7. The monoisotopic (exact) mass is 834 g/mol. The first-order valence-electron chi connectivity index (χ1n) is 19.9. The molecule has 286 valence electrons. The molecule has 0 saturated heterocycles. The first-order chi connectivity index (χ1) is 27.8. The first-order valence-corrected chi connectivity index (χ1v) is 20.4. The molecule has 0 fully saturated rings. The van der Waals surface area contributed by atoms with Gasteiger partial charge in [0.1, 0.15) is 0 Å². The van der Waals surface area contributed by atoms with Gasteiger partial charge in [0.25, 0.3) is 0 Å². The summed E-state index contributed by atoms with van der Waals surface area (Å²) in [5.74, 6) is 0. The maximum absolute atomic E-state index is 5.56. The van der Waals surface area contributed by atoms with E-state index in [9.17, 15) is 0 Å². The van der Waals surface area contributed by atoms with Crippen LogP contribution in [0.2, 0.25) is 0 Å². The minimum Gasteiger partial charge on any atom is -0.657 e. The third kappa shape index (κ3) is 7.17. The Hall–Kier alpha value is -5.55. The molecule has 0 unspecified atom stereocenters. The Morgan fingerprint density at radius 2 is 0.627 bits per heavy atom. The van der Waals surface area contributed by atoms with Crippen LogP contribution in [-0.2, 0) is 19.5 Å². The van der Waals surface area contributed by atoms with Crippen molar-refractivity contribution in [3.8, 4) is 44.5 Å². The molecule has 3 aromatic heterocycles. The number of rotatable bonds is 4. The largest absolute Gasteiger partial charge is 2.00 e. The van der Waals surface area contributed by atoms with Crippen molar-refractivity contribution in [2.24, 2.45) is 0 Å². The normalized spacial score (nSPS) is 12.0. The summed E-state index contributed by atoms with van der Waals surface area (Å²) in [5.41, 5.74) is 26.2. The zero-order chi connectivity index (χ0) is 40.6. The SMILES string of the molecule is Cc1cc(C)c(-c2c3nc(c(-c4c(C)cc(C)cc4C)c4ccc([n-]4)c(-c4c(C)cc(C)cc4C)c4nc(c(-c5ccc(S)cc5)c5ccc2[n-]5)C=C4)C=C3)c(C)c1.[Zn+2]. The maximum atomic E-state index is 5.56. The molecule has 7 aromatic rings. The molecule has 0 spiro atoms. The van der Waals surface area contributed by atoms with Gasteiger partial charge in [0.05, 0.1) is 22.8 Å². The van der Waals surface area contributed by atoms with Crippen LogP contribution in [0.15, 0.2) is 89.8 Å². The average molecular weight is 836 g/mol. The van der Waals surface area contributed by atoms with E-state index in [0.29, 0.717) is 0 Å². The van der Waals surface area contributed by atoms with E-state index in [4.69, 9.17) is 19.9 Å². The number of thiol groups is 1. The van der Waals surface area contributed by atoms with Crippen molar-refractivity contribution in [3.05, 3.63) is 158 Å². The van der Waals surface area contributed by atoms with Crippen molar-refractivity contribution in [1.82, 2.24) is 19.9 Å². The molecule has 4 nitrogen and oxygen atoms in total. The summed E-state index contributed by atoms with van der Waals surface area (Å²) >= 11 is 4.63. The molecule has 0 N–H and O–H groups in total. The van der Waals surface area contributed by atoms with Gasteiger partial charge in [0.2, 0.25) is 0 Å². The molecule has 4 aromatic carbocycles. The van der Waals surface area contributed by atoms with Gasteiger partial charge in [-0.25, -0.2) is 9.97 Å². The van der Waals surface area contributed by atoms with Crippen LogP contribution in [-0.4, -0.2) is 9.97 Å². The number of aromatic nitrogens is 4. The summed E-state index contributed by atoms with van der Waals surface area (Å²) in [6.07, 6.45) is 8.61. The summed E-state index contributed by atoms with van der Waals surface area (Å²) in [4.78, 5) is 23.0. The van der Waals surface area contributed by atoms with E-state index >= 15 is 0 Å². The molecule has 6 heteroatoms. The number of fused-ring (bicyclic) bond motifs is 8. The summed E-state index contributed by atoms with van der Waals surface area (Å²) in [5, 5.41) is 0. The van der Waals surface area contributed by atoms with Crippen LogP contribution in [0, 0.1) is 62.3 Å². The first kappa shape index (κ1) is 40.2. The van der Waals surface area contributed by atoms with Crippen LogP contribution >= 0.6 is 12.6 Å². The molecule has 2 aliphatic rings. The molecule has 0 radical (unpaired) electrons. The standard InChI is InChI=1S/C53H46N4S.Zn/c1-28-22-31(4)47(32(5)23-28)51-41-16-14-39(54-41)50(37-10-12-38(58)13-11-37)40-15-17-42(55-40)52(48-33(6)24-29(2)25-34(48)7)44-19-21-46(57-44)53(45-20-18-43(51)56-45)49-35(8)26-30(3)27-36(49)9;/h10-27H,1-9H3,(H-2,54,55,56,57,58);/q-2;+2. The second kappa shape index (κ2) is 15.6. The molecule has 0 atom stereocenters. The van der Waals surface area contributed by atoms with Gasteiger partial charge < -0.3 is 9.97 Å². The molecule has 59 heavy (non-hydrogen) atoms. The number of benzene rings is 4. The Morgan fingerprint density at radius 3 is 0.932 bits per heavy atom. The summed E-state index contributed by atoms with van der Waals surface area (Å²) < 4.78 is 0. The molecular weight excluding hydrogens is 790 g/mol. The van der Waals surface area contributed by atoms with E-state index in [1.54, 1.807) is 0 Å². The molecule has 5 heterocycles.